The minimum atomic E-state index is 0.522. The summed E-state index contributed by atoms with van der Waals surface area (Å²) < 4.78 is 5.06. The maximum Gasteiger partial charge on any atom is 0.152 e. The molecule has 0 bridgehead atoms. The van der Waals surface area contributed by atoms with Gasteiger partial charge in [0.25, 0.3) is 0 Å². The second kappa shape index (κ2) is 4.18. The van der Waals surface area contributed by atoms with E-state index >= 15 is 0 Å². The van der Waals surface area contributed by atoms with Crippen LogP contribution in [0.15, 0.2) is 17.0 Å². The molecule has 6 nitrogen and oxygen atoms in total. The third-order valence-electron chi connectivity index (χ3n) is 2.35. The summed E-state index contributed by atoms with van der Waals surface area (Å²) in [6, 6.07) is 0. The SMILES string of the molecule is Cc1noc(C)c1CNc1ncncc1N. The van der Waals surface area contributed by atoms with Crippen LogP contribution in [0.5, 0.6) is 0 Å². The van der Waals surface area contributed by atoms with Crippen molar-refractivity contribution in [2.24, 2.45) is 0 Å². The normalized spacial score (nSPS) is 10.4. The minimum Gasteiger partial charge on any atom is -0.394 e. The van der Waals surface area contributed by atoms with Crippen molar-refractivity contribution < 1.29 is 4.52 Å². The molecule has 0 amide bonds. The van der Waals surface area contributed by atoms with Crippen LogP contribution in [-0.4, -0.2) is 15.1 Å². The van der Waals surface area contributed by atoms with Crippen LogP contribution in [0.25, 0.3) is 0 Å². The summed E-state index contributed by atoms with van der Waals surface area (Å²) in [6.07, 6.45) is 3.01. The fourth-order valence-corrected chi connectivity index (χ4v) is 1.41. The van der Waals surface area contributed by atoms with Gasteiger partial charge in [0, 0.05) is 12.1 Å². The number of nitrogens with zero attached hydrogens (tertiary/aromatic N) is 3. The van der Waals surface area contributed by atoms with Gasteiger partial charge in [-0.25, -0.2) is 9.97 Å². The summed E-state index contributed by atoms with van der Waals surface area (Å²) >= 11 is 0. The van der Waals surface area contributed by atoms with Crippen molar-refractivity contribution in [3.63, 3.8) is 0 Å². The second-order valence-electron chi connectivity index (χ2n) is 3.48. The van der Waals surface area contributed by atoms with E-state index in [-0.39, 0.29) is 0 Å². The molecule has 2 heterocycles. The van der Waals surface area contributed by atoms with E-state index in [1.165, 1.54) is 6.33 Å². The van der Waals surface area contributed by atoms with Crippen molar-refractivity contribution in [2.75, 3.05) is 11.1 Å². The first-order valence-electron chi connectivity index (χ1n) is 4.89. The molecular formula is C10H13N5O. The van der Waals surface area contributed by atoms with E-state index in [9.17, 15) is 0 Å². The molecule has 0 aliphatic rings. The number of hydrogen-bond acceptors (Lipinski definition) is 6. The summed E-state index contributed by atoms with van der Waals surface area (Å²) in [7, 11) is 0. The highest BCUT2D eigenvalue weighted by Gasteiger charge is 2.09. The molecule has 16 heavy (non-hydrogen) atoms. The van der Waals surface area contributed by atoms with Gasteiger partial charge in [-0.15, -0.1) is 0 Å². The molecule has 0 spiro atoms. The monoisotopic (exact) mass is 219 g/mol. The Balaban J connectivity index is 2.11. The zero-order chi connectivity index (χ0) is 11.5. The molecule has 3 N–H and O–H groups in total. The van der Waals surface area contributed by atoms with Crippen LogP contribution in [0.4, 0.5) is 11.5 Å². The Labute approximate surface area is 92.9 Å². The predicted octanol–water partition coefficient (Wildman–Crippen LogP) is 1.28. The van der Waals surface area contributed by atoms with Crippen LogP contribution >= 0.6 is 0 Å². The summed E-state index contributed by atoms with van der Waals surface area (Å²) in [5.74, 6) is 1.42. The summed E-state index contributed by atoms with van der Waals surface area (Å²) in [6.45, 7) is 4.36. The Morgan fingerprint density at radius 2 is 2.25 bits per heavy atom. The first kappa shape index (κ1) is 10.4. The number of aryl methyl sites for hydroxylation is 2. The van der Waals surface area contributed by atoms with E-state index in [0.717, 1.165) is 17.0 Å². The number of nitrogens with two attached hydrogens (primary N) is 1. The maximum atomic E-state index is 5.71. The lowest BCUT2D eigenvalue weighted by molar-refractivity contribution is 0.392. The Morgan fingerprint density at radius 3 is 2.88 bits per heavy atom. The lowest BCUT2D eigenvalue weighted by Crippen LogP contribution is -2.06. The standard InChI is InChI=1S/C10H13N5O/c1-6-8(7(2)16-15-6)3-13-10-9(11)4-12-5-14-10/h4-5H,3,11H2,1-2H3,(H,12,13,14). The fraction of sp³-hybridized carbons (Fsp3) is 0.300. The Hall–Kier alpha value is -2.11. The van der Waals surface area contributed by atoms with Gasteiger partial charge in [0.1, 0.15) is 12.1 Å². The van der Waals surface area contributed by atoms with Crippen molar-refractivity contribution in [2.45, 2.75) is 20.4 Å². The zero-order valence-corrected chi connectivity index (χ0v) is 9.19. The maximum absolute atomic E-state index is 5.71. The molecule has 0 radical (unpaired) electrons. The third kappa shape index (κ3) is 1.95. The average Bonchev–Trinajstić information content (AvgIpc) is 2.58. The van der Waals surface area contributed by atoms with Crippen LogP contribution in [0.3, 0.4) is 0 Å². The smallest absolute Gasteiger partial charge is 0.152 e. The molecule has 2 aromatic heterocycles. The molecule has 0 aliphatic carbocycles. The van der Waals surface area contributed by atoms with Gasteiger partial charge < -0.3 is 15.6 Å². The quantitative estimate of drug-likeness (QED) is 0.808. The molecule has 0 unspecified atom stereocenters. The molecule has 84 valence electrons. The van der Waals surface area contributed by atoms with E-state index < -0.39 is 0 Å². The van der Waals surface area contributed by atoms with Gasteiger partial charge in [-0.2, -0.15) is 0 Å². The summed E-state index contributed by atoms with van der Waals surface area (Å²) in [5.41, 5.74) is 8.13. The van der Waals surface area contributed by atoms with Crippen LogP contribution in [0.2, 0.25) is 0 Å². The highest BCUT2D eigenvalue weighted by atomic mass is 16.5. The fourth-order valence-electron chi connectivity index (χ4n) is 1.41. The molecule has 0 saturated heterocycles. The van der Waals surface area contributed by atoms with Gasteiger partial charge >= 0.3 is 0 Å². The van der Waals surface area contributed by atoms with Crippen LogP contribution in [0.1, 0.15) is 17.0 Å². The Morgan fingerprint density at radius 1 is 1.44 bits per heavy atom. The number of hydrogen-bond donors (Lipinski definition) is 2. The lowest BCUT2D eigenvalue weighted by Gasteiger charge is -2.06. The molecule has 6 heteroatoms. The lowest BCUT2D eigenvalue weighted by atomic mass is 10.2. The van der Waals surface area contributed by atoms with Gasteiger partial charge in [0.2, 0.25) is 0 Å². The first-order valence-corrected chi connectivity index (χ1v) is 4.89. The number of anilines is 2. The highest BCUT2D eigenvalue weighted by Crippen LogP contribution is 2.16. The van der Waals surface area contributed by atoms with E-state index in [0.29, 0.717) is 18.1 Å². The van der Waals surface area contributed by atoms with E-state index in [4.69, 9.17) is 10.3 Å². The summed E-state index contributed by atoms with van der Waals surface area (Å²) in [4.78, 5) is 7.86. The van der Waals surface area contributed by atoms with Crippen molar-refractivity contribution in [3.05, 3.63) is 29.5 Å². The van der Waals surface area contributed by atoms with Crippen molar-refractivity contribution in [3.8, 4) is 0 Å². The van der Waals surface area contributed by atoms with Crippen LogP contribution < -0.4 is 11.1 Å². The number of aromatic nitrogens is 3. The number of nitrogens with one attached hydrogen (secondary N) is 1. The van der Waals surface area contributed by atoms with Crippen molar-refractivity contribution in [1.82, 2.24) is 15.1 Å². The van der Waals surface area contributed by atoms with Gasteiger partial charge in [0.05, 0.1) is 17.6 Å². The average molecular weight is 219 g/mol. The molecular weight excluding hydrogens is 206 g/mol. The van der Waals surface area contributed by atoms with Gasteiger partial charge in [-0.1, -0.05) is 5.16 Å². The number of nitrogen functional groups attached to an aromatic ring is 1. The first-order chi connectivity index (χ1) is 7.68. The minimum absolute atomic E-state index is 0.522. The molecule has 0 aromatic carbocycles. The van der Waals surface area contributed by atoms with Crippen molar-refractivity contribution >= 4 is 11.5 Å². The highest BCUT2D eigenvalue weighted by molar-refractivity contribution is 5.59. The molecule has 0 atom stereocenters. The summed E-state index contributed by atoms with van der Waals surface area (Å²) in [5, 5.41) is 6.99. The van der Waals surface area contributed by atoms with E-state index in [1.807, 2.05) is 13.8 Å². The molecule has 0 saturated carbocycles. The van der Waals surface area contributed by atoms with Gasteiger partial charge in [0.15, 0.2) is 5.82 Å². The van der Waals surface area contributed by atoms with Crippen molar-refractivity contribution in [1.29, 1.82) is 0 Å². The molecule has 2 rings (SSSR count). The van der Waals surface area contributed by atoms with Crippen LogP contribution in [-0.2, 0) is 6.54 Å². The van der Waals surface area contributed by atoms with E-state index in [2.05, 4.69) is 20.4 Å². The molecule has 2 aromatic rings. The Bertz CT molecular complexity index is 474. The molecule has 0 fully saturated rings. The largest absolute Gasteiger partial charge is 0.394 e. The van der Waals surface area contributed by atoms with Crippen LogP contribution in [0, 0.1) is 13.8 Å². The van der Waals surface area contributed by atoms with E-state index in [1.54, 1.807) is 6.20 Å². The second-order valence-corrected chi connectivity index (χ2v) is 3.48. The topological polar surface area (TPSA) is 89.9 Å². The third-order valence-corrected chi connectivity index (χ3v) is 2.35. The van der Waals surface area contributed by atoms with Gasteiger partial charge in [-0.3, -0.25) is 0 Å². The van der Waals surface area contributed by atoms with Gasteiger partial charge in [-0.05, 0) is 13.8 Å². The Kier molecular flexibility index (Phi) is 2.72. The molecule has 0 aliphatic heterocycles. The zero-order valence-electron chi connectivity index (χ0n) is 9.19. The predicted molar refractivity (Wildman–Crippen MR) is 59.7 cm³/mol. The number of rotatable bonds is 3.